The van der Waals surface area contributed by atoms with Crippen molar-refractivity contribution in [2.75, 3.05) is 38.3 Å². The van der Waals surface area contributed by atoms with Crippen molar-refractivity contribution in [3.05, 3.63) is 60.2 Å². The van der Waals surface area contributed by atoms with Gasteiger partial charge in [-0.1, -0.05) is 42.5 Å². The first-order valence-corrected chi connectivity index (χ1v) is 10.1. The minimum atomic E-state index is -0.161. The lowest BCUT2D eigenvalue weighted by Crippen LogP contribution is -2.48. The zero-order valence-electron chi connectivity index (χ0n) is 16.6. The maximum absolute atomic E-state index is 13.4. The number of amides is 1. The Morgan fingerprint density at radius 3 is 2.45 bits per heavy atom. The van der Waals surface area contributed by atoms with Gasteiger partial charge in [0.2, 0.25) is 5.91 Å². The van der Waals surface area contributed by atoms with Crippen LogP contribution in [-0.2, 0) is 14.3 Å². The molecule has 1 fully saturated rings. The second-order valence-corrected chi connectivity index (χ2v) is 7.54. The molecule has 0 radical (unpaired) electrons. The Morgan fingerprint density at radius 1 is 1.03 bits per heavy atom. The summed E-state index contributed by atoms with van der Waals surface area (Å²) in [6.07, 6.45) is 1.45. The molecule has 6 nitrogen and oxygen atoms in total. The lowest BCUT2D eigenvalue weighted by Gasteiger charge is -2.39. The van der Waals surface area contributed by atoms with Crippen LogP contribution >= 0.6 is 0 Å². The molecule has 1 amide bonds. The molecule has 0 aliphatic carbocycles. The van der Waals surface area contributed by atoms with Gasteiger partial charge in [-0.05, 0) is 43.6 Å². The Kier molecular flexibility index (Phi) is 5.81. The number of carbonyl (C=O) groups excluding carboxylic acids is 2. The summed E-state index contributed by atoms with van der Waals surface area (Å²) in [5.74, 6) is 0.568. The summed E-state index contributed by atoms with van der Waals surface area (Å²) in [6, 6.07) is 17.5. The largest absolute Gasteiger partial charge is 0.489 e. The molecular weight excluding hydrogens is 368 g/mol. The summed E-state index contributed by atoms with van der Waals surface area (Å²) < 4.78 is 10.8. The maximum Gasteiger partial charge on any atom is 0.308 e. The van der Waals surface area contributed by atoms with E-state index in [4.69, 9.17) is 9.47 Å². The molecule has 4 rings (SSSR count). The number of nitrogens with zero attached hydrogens (tertiary/aromatic N) is 2. The van der Waals surface area contributed by atoms with Crippen LogP contribution in [0.15, 0.2) is 54.6 Å². The molecule has 29 heavy (non-hydrogen) atoms. The maximum atomic E-state index is 13.4. The first-order valence-electron chi connectivity index (χ1n) is 10.1. The van der Waals surface area contributed by atoms with Crippen molar-refractivity contribution in [3.63, 3.8) is 0 Å². The smallest absolute Gasteiger partial charge is 0.308 e. The molecule has 0 N–H and O–H groups in total. The predicted molar refractivity (Wildman–Crippen MR) is 110 cm³/mol. The number of hydrogen-bond donors (Lipinski definition) is 0. The molecule has 1 saturated heterocycles. The molecule has 0 unspecified atom stereocenters. The summed E-state index contributed by atoms with van der Waals surface area (Å²) in [5, 5.41) is 0. The molecule has 0 spiro atoms. The Hall–Kier alpha value is -2.86. The van der Waals surface area contributed by atoms with Crippen LogP contribution in [0.2, 0.25) is 0 Å². The predicted octanol–water partition coefficient (Wildman–Crippen LogP) is 3.04. The van der Waals surface area contributed by atoms with E-state index in [0.29, 0.717) is 26.2 Å². The number of fused-ring (bicyclic) bond motifs is 1. The fourth-order valence-electron chi connectivity index (χ4n) is 4.18. The quantitative estimate of drug-likeness (QED) is 0.746. The number of rotatable bonds is 4. The van der Waals surface area contributed by atoms with Crippen LogP contribution in [0.4, 0.5) is 5.69 Å². The van der Waals surface area contributed by atoms with Gasteiger partial charge in [-0.3, -0.25) is 19.4 Å². The van der Waals surface area contributed by atoms with Gasteiger partial charge < -0.3 is 9.47 Å². The summed E-state index contributed by atoms with van der Waals surface area (Å²) in [6.45, 7) is 2.18. The third-order valence-electron chi connectivity index (χ3n) is 5.77. The highest BCUT2D eigenvalue weighted by molar-refractivity contribution is 5.97. The average molecular weight is 394 g/mol. The molecular formula is C23H26N2O4. The minimum absolute atomic E-state index is 0.0473. The van der Waals surface area contributed by atoms with Gasteiger partial charge in [0.25, 0.3) is 0 Å². The summed E-state index contributed by atoms with van der Waals surface area (Å²) in [7, 11) is 1.43. The van der Waals surface area contributed by atoms with Gasteiger partial charge in [0, 0.05) is 0 Å². The van der Waals surface area contributed by atoms with Gasteiger partial charge in [0.15, 0.2) is 0 Å². The minimum Gasteiger partial charge on any atom is -0.489 e. The van der Waals surface area contributed by atoms with Crippen LogP contribution in [0, 0.1) is 5.92 Å². The Bertz CT molecular complexity index is 862. The van der Waals surface area contributed by atoms with Gasteiger partial charge >= 0.3 is 5.97 Å². The zero-order chi connectivity index (χ0) is 20.2. The molecule has 0 saturated carbocycles. The van der Waals surface area contributed by atoms with Crippen molar-refractivity contribution in [2.45, 2.75) is 18.9 Å². The van der Waals surface area contributed by atoms with Gasteiger partial charge in [0.05, 0.1) is 31.3 Å². The van der Waals surface area contributed by atoms with E-state index in [9.17, 15) is 9.59 Å². The van der Waals surface area contributed by atoms with Gasteiger partial charge in [-0.25, -0.2) is 0 Å². The van der Waals surface area contributed by atoms with Crippen molar-refractivity contribution in [2.24, 2.45) is 5.92 Å². The average Bonchev–Trinajstić information content (AvgIpc) is 2.78. The van der Waals surface area contributed by atoms with Crippen molar-refractivity contribution in [1.82, 2.24) is 4.90 Å². The second kappa shape index (κ2) is 8.66. The summed E-state index contributed by atoms with van der Waals surface area (Å²) in [5.41, 5.74) is 1.86. The Morgan fingerprint density at radius 2 is 1.72 bits per heavy atom. The van der Waals surface area contributed by atoms with Crippen LogP contribution in [-0.4, -0.2) is 50.1 Å². The standard InChI is InChI=1S/C23H26N2O4/c1-28-23(27)18-11-13-24(14-12-18)15-22(26)25-19-9-5-6-10-21(19)29-16-20(25)17-7-3-2-4-8-17/h2-10,18,20H,11-16H2,1H3/t20-/m0/s1. The van der Waals surface area contributed by atoms with Crippen molar-refractivity contribution in [1.29, 1.82) is 0 Å². The lowest BCUT2D eigenvalue weighted by molar-refractivity contribution is -0.147. The van der Waals surface area contributed by atoms with Crippen LogP contribution in [0.5, 0.6) is 5.75 Å². The number of anilines is 1. The van der Waals surface area contributed by atoms with Gasteiger partial charge in [-0.15, -0.1) is 0 Å². The third-order valence-corrected chi connectivity index (χ3v) is 5.77. The topological polar surface area (TPSA) is 59.1 Å². The summed E-state index contributed by atoms with van der Waals surface area (Å²) in [4.78, 5) is 29.2. The molecule has 0 bridgehead atoms. The number of piperidine rings is 1. The fourth-order valence-corrected chi connectivity index (χ4v) is 4.18. The van der Waals surface area contributed by atoms with E-state index in [0.717, 1.165) is 29.8 Å². The van der Waals surface area contributed by atoms with Crippen molar-refractivity contribution < 1.29 is 19.1 Å². The number of esters is 1. The highest BCUT2D eigenvalue weighted by Crippen LogP contribution is 2.39. The Labute approximate surface area is 171 Å². The summed E-state index contributed by atoms with van der Waals surface area (Å²) >= 11 is 0. The molecule has 2 aromatic carbocycles. The first kappa shape index (κ1) is 19.5. The van der Waals surface area contributed by atoms with Gasteiger partial charge in [0.1, 0.15) is 12.4 Å². The molecule has 0 aromatic heterocycles. The number of hydrogen-bond acceptors (Lipinski definition) is 5. The highest BCUT2D eigenvalue weighted by atomic mass is 16.5. The lowest BCUT2D eigenvalue weighted by atomic mass is 9.97. The van der Waals surface area contributed by atoms with E-state index in [2.05, 4.69) is 4.90 Å². The number of para-hydroxylation sites is 2. The Balaban J connectivity index is 1.52. The molecule has 2 heterocycles. The van der Waals surface area contributed by atoms with E-state index >= 15 is 0 Å². The molecule has 6 heteroatoms. The van der Waals surface area contributed by atoms with Crippen LogP contribution in [0.3, 0.4) is 0 Å². The van der Waals surface area contributed by atoms with Crippen molar-refractivity contribution >= 4 is 17.6 Å². The zero-order valence-corrected chi connectivity index (χ0v) is 16.6. The molecule has 152 valence electrons. The van der Waals surface area contributed by atoms with Crippen molar-refractivity contribution in [3.8, 4) is 5.75 Å². The SMILES string of the molecule is COC(=O)C1CCN(CC(=O)N2c3ccccc3OC[C@H]2c2ccccc2)CC1. The molecule has 2 aromatic rings. The monoisotopic (exact) mass is 394 g/mol. The van der Waals surface area contributed by atoms with E-state index in [1.54, 1.807) is 0 Å². The number of benzene rings is 2. The van der Waals surface area contributed by atoms with E-state index < -0.39 is 0 Å². The van der Waals surface area contributed by atoms with E-state index in [1.807, 2.05) is 59.5 Å². The van der Waals surface area contributed by atoms with Crippen LogP contribution in [0.25, 0.3) is 0 Å². The normalized spacial score (nSPS) is 19.9. The number of carbonyl (C=O) groups is 2. The third kappa shape index (κ3) is 4.12. The highest BCUT2D eigenvalue weighted by Gasteiger charge is 2.35. The van der Waals surface area contributed by atoms with E-state index in [1.165, 1.54) is 7.11 Å². The molecule has 2 aliphatic heterocycles. The second-order valence-electron chi connectivity index (χ2n) is 7.54. The molecule has 2 aliphatic rings. The number of likely N-dealkylation sites (tertiary alicyclic amines) is 1. The van der Waals surface area contributed by atoms with Crippen LogP contribution < -0.4 is 9.64 Å². The fraction of sp³-hybridized carbons (Fsp3) is 0.391. The number of methoxy groups -OCH3 is 1. The van der Waals surface area contributed by atoms with Gasteiger partial charge in [-0.2, -0.15) is 0 Å². The van der Waals surface area contributed by atoms with E-state index in [-0.39, 0.29) is 23.8 Å². The first-order chi connectivity index (χ1) is 14.2. The number of ether oxygens (including phenoxy) is 2. The van der Waals surface area contributed by atoms with Crippen LogP contribution in [0.1, 0.15) is 24.4 Å². The molecule has 1 atom stereocenters.